The molecule has 0 aliphatic carbocycles. The van der Waals surface area contributed by atoms with Gasteiger partial charge in [0.25, 0.3) is 0 Å². The van der Waals surface area contributed by atoms with Gasteiger partial charge in [-0.1, -0.05) is 72.3 Å². The quantitative estimate of drug-likeness (QED) is 0.282. The summed E-state index contributed by atoms with van der Waals surface area (Å²) in [7, 11) is 2.17. The SMILES string of the molecule is Cc1c(-c2ccccc2)n(C)c2c3ccccc3c3cc(Cl)ccc3c12. The Hall–Kier alpha value is -2.77. The smallest absolute Gasteiger partial charge is 0.0571 e. The molecule has 5 rings (SSSR count). The van der Waals surface area contributed by atoms with Crippen LogP contribution in [-0.2, 0) is 7.05 Å². The minimum absolute atomic E-state index is 0.777. The lowest BCUT2D eigenvalue weighted by Gasteiger charge is -2.10. The summed E-state index contributed by atoms with van der Waals surface area (Å²) in [5.74, 6) is 0. The van der Waals surface area contributed by atoms with E-state index in [1.807, 2.05) is 6.07 Å². The molecule has 5 aromatic rings. The molecule has 4 aromatic carbocycles. The third-order valence-corrected chi connectivity index (χ3v) is 5.64. The summed E-state index contributed by atoms with van der Waals surface area (Å²) in [6.07, 6.45) is 0. The highest BCUT2D eigenvalue weighted by atomic mass is 35.5. The van der Waals surface area contributed by atoms with Gasteiger partial charge in [-0.25, -0.2) is 0 Å². The van der Waals surface area contributed by atoms with E-state index in [-0.39, 0.29) is 0 Å². The average Bonchev–Trinajstić information content (AvgIpc) is 2.93. The number of benzene rings is 4. The molecule has 0 unspecified atom stereocenters. The van der Waals surface area contributed by atoms with Gasteiger partial charge in [-0.3, -0.25) is 0 Å². The zero-order valence-corrected chi connectivity index (χ0v) is 15.5. The fourth-order valence-corrected chi connectivity index (χ4v) is 4.53. The Morgan fingerprint density at radius 3 is 2.19 bits per heavy atom. The molecule has 0 N–H and O–H groups in total. The van der Waals surface area contributed by atoms with Gasteiger partial charge in [0, 0.05) is 22.8 Å². The van der Waals surface area contributed by atoms with Crippen molar-refractivity contribution in [2.45, 2.75) is 6.92 Å². The van der Waals surface area contributed by atoms with Crippen molar-refractivity contribution in [1.82, 2.24) is 4.57 Å². The molecule has 2 heteroatoms. The summed E-state index contributed by atoms with van der Waals surface area (Å²) in [5, 5.41) is 7.09. The molecule has 0 saturated heterocycles. The Morgan fingerprint density at radius 2 is 1.42 bits per heavy atom. The van der Waals surface area contributed by atoms with Crippen molar-refractivity contribution in [3.8, 4) is 11.3 Å². The summed E-state index contributed by atoms with van der Waals surface area (Å²) >= 11 is 6.34. The lowest BCUT2D eigenvalue weighted by Crippen LogP contribution is -1.93. The zero-order chi connectivity index (χ0) is 17.8. The molecule has 0 fully saturated rings. The number of halogens is 1. The molecule has 0 atom stereocenters. The first-order chi connectivity index (χ1) is 12.7. The summed E-state index contributed by atoms with van der Waals surface area (Å²) < 4.78 is 2.34. The molecule has 126 valence electrons. The number of hydrogen-bond acceptors (Lipinski definition) is 0. The second-order valence-corrected chi connectivity index (χ2v) is 7.29. The lowest BCUT2D eigenvalue weighted by atomic mass is 9.96. The second-order valence-electron chi connectivity index (χ2n) is 6.86. The van der Waals surface area contributed by atoms with Gasteiger partial charge >= 0.3 is 0 Å². The van der Waals surface area contributed by atoms with E-state index >= 15 is 0 Å². The van der Waals surface area contributed by atoms with Crippen LogP contribution in [0.5, 0.6) is 0 Å². The van der Waals surface area contributed by atoms with E-state index in [1.54, 1.807) is 0 Å². The van der Waals surface area contributed by atoms with Crippen molar-refractivity contribution in [2.75, 3.05) is 0 Å². The average molecular weight is 356 g/mol. The van der Waals surface area contributed by atoms with Gasteiger partial charge in [0.15, 0.2) is 0 Å². The summed E-state index contributed by atoms with van der Waals surface area (Å²) in [6.45, 7) is 2.23. The maximum atomic E-state index is 6.34. The minimum atomic E-state index is 0.777. The number of rotatable bonds is 1. The highest BCUT2D eigenvalue weighted by molar-refractivity contribution is 6.33. The number of hydrogen-bond donors (Lipinski definition) is 0. The highest BCUT2D eigenvalue weighted by Crippen LogP contribution is 2.42. The molecule has 0 bridgehead atoms. The van der Waals surface area contributed by atoms with Crippen LogP contribution in [0, 0.1) is 6.92 Å². The first-order valence-corrected chi connectivity index (χ1v) is 9.19. The topological polar surface area (TPSA) is 4.93 Å². The van der Waals surface area contributed by atoms with Crippen LogP contribution in [-0.4, -0.2) is 4.57 Å². The van der Waals surface area contributed by atoms with E-state index in [1.165, 1.54) is 49.3 Å². The summed E-state index contributed by atoms with van der Waals surface area (Å²) in [5.41, 5.74) is 5.11. The van der Waals surface area contributed by atoms with Crippen molar-refractivity contribution in [1.29, 1.82) is 0 Å². The van der Waals surface area contributed by atoms with Gasteiger partial charge < -0.3 is 4.57 Å². The van der Waals surface area contributed by atoms with Crippen molar-refractivity contribution in [3.63, 3.8) is 0 Å². The lowest BCUT2D eigenvalue weighted by molar-refractivity contribution is 0.977. The fraction of sp³-hybridized carbons (Fsp3) is 0.0833. The summed E-state index contributed by atoms with van der Waals surface area (Å²) in [6, 6.07) is 25.5. The molecular weight excluding hydrogens is 338 g/mol. The van der Waals surface area contributed by atoms with Crippen molar-refractivity contribution < 1.29 is 0 Å². The van der Waals surface area contributed by atoms with Crippen molar-refractivity contribution in [3.05, 3.63) is 83.4 Å². The third kappa shape index (κ3) is 2.04. The van der Waals surface area contributed by atoms with E-state index in [9.17, 15) is 0 Å². The number of aromatic nitrogens is 1. The Balaban J connectivity index is 2.09. The van der Waals surface area contributed by atoms with Crippen LogP contribution in [0.3, 0.4) is 0 Å². The van der Waals surface area contributed by atoms with E-state index in [4.69, 9.17) is 11.6 Å². The predicted octanol–water partition coefficient (Wildman–Crippen LogP) is 7.11. The molecule has 1 nitrogen and oxygen atoms in total. The Labute approximate surface area is 157 Å². The van der Waals surface area contributed by atoms with Crippen LogP contribution in [0.25, 0.3) is 43.7 Å². The molecule has 1 aromatic heterocycles. The highest BCUT2D eigenvalue weighted by Gasteiger charge is 2.19. The Morgan fingerprint density at radius 1 is 0.731 bits per heavy atom. The van der Waals surface area contributed by atoms with Gasteiger partial charge in [0.05, 0.1) is 11.2 Å². The van der Waals surface area contributed by atoms with E-state index in [0.29, 0.717) is 0 Å². The second kappa shape index (κ2) is 5.62. The Kier molecular flexibility index (Phi) is 3.35. The van der Waals surface area contributed by atoms with E-state index in [0.717, 1.165) is 5.02 Å². The molecular formula is C24H18ClN. The van der Waals surface area contributed by atoms with Crippen molar-refractivity contribution >= 4 is 44.0 Å². The van der Waals surface area contributed by atoms with Crippen LogP contribution in [0.1, 0.15) is 5.56 Å². The van der Waals surface area contributed by atoms with Gasteiger partial charge in [-0.15, -0.1) is 0 Å². The van der Waals surface area contributed by atoms with Gasteiger partial charge in [-0.05, 0) is 46.3 Å². The third-order valence-electron chi connectivity index (χ3n) is 5.41. The maximum absolute atomic E-state index is 6.34. The fourth-order valence-electron chi connectivity index (χ4n) is 4.36. The molecule has 1 heterocycles. The van der Waals surface area contributed by atoms with Gasteiger partial charge in [-0.2, -0.15) is 0 Å². The molecule has 0 saturated carbocycles. The first-order valence-electron chi connectivity index (χ1n) is 8.81. The molecule has 0 amide bonds. The van der Waals surface area contributed by atoms with Crippen LogP contribution in [0.4, 0.5) is 0 Å². The van der Waals surface area contributed by atoms with Crippen molar-refractivity contribution in [2.24, 2.45) is 7.05 Å². The van der Waals surface area contributed by atoms with Gasteiger partial charge in [0.1, 0.15) is 0 Å². The minimum Gasteiger partial charge on any atom is -0.343 e. The number of fused-ring (bicyclic) bond motifs is 6. The van der Waals surface area contributed by atoms with Crippen LogP contribution >= 0.6 is 11.6 Å². The Bertz CT molecular complexity index is 1300. The van der Waals surface area contributed by atoms with E-state index in [2.05, 4.69) is 85.3 Å². The van der Waals surface area contributed by atoms with Crippen LogP contribution in [0.2, 0.25) is 5.02 Å². The monoisotopic (exact) mass is 355 g/mol. The maximum Gasteiger partial charge on any atom is 0.0571 e. The summed E-state index contributed by atoms with van der Waals surface area (Å²) in [4.78, 5) is 0. The van der Waals surface area contributed by atoms with Gasteiger partial charge in [0.2, 0.25) is 0 Å². The first kappa shape index (κ1) is 15.5. The molecule has 26 heavy (non-hydrogen) atoms. The molecule has 0 aliphatic rings. The predicted molar refractivity (Wildman–Crippen MR) is 113 cm³/mol. The van der Waals surface area contributed by atoms with Crippen LogP contribution < -0.4 is 0 Å². The molecule has 0 spiro atoms. The standard InChI is InChI=1S/C24H18ClN/c1-15-22-19-13-12-17(25)14-21(19)18-10-6-7-11-20(18)24(22)26(2)23(15)16-8-4-3-5-9-16/h3-14H,1-2H3. The molecule has 0 radical (unpaired) electrons. The molecule has 0 aliphatic heterocycles. The number of aryl methyl sites for hydroxylation is 2. The number of nitrogens with zero attached hydrogens (tertiary/aromatic N) is 1. The van der Waals surface area contributed by atoms with Crippen LogP contribution in [0.15, 0.2) is 72.8 Å². The largest absolute Gasteiger partial charge is 0.343 e. The normalized spacial score (nSPS) is 11.7. The zero-order valence-electron chi connectivity index (χ0n) is 14.8. The van der Waals surface area contributed by atoms with E-state index < -0.39 is 0 Å².